The Bertz CT molecular complexity index is 367. The van der Waals surface area contributed by atoms with Crippen molar-refractivity contribution in [2.24, 2.45) is 5.73 Å². The first-order chi connectivity index (χ1) is 6.66. The summed E-state index contributed by atoms with van der Waals surface area (Å²) in [5.41, 5.74) is 6.79. The second-order valence-corrected chi connectivity index (χ2v) is 3.90. The van der Waals surface area contributed by atoms with Gasteiger partial charge in [-0.15, -0.1) is 0 Å². The summed E-state index contributed by atoms with van der Waals surface area (Å²) in [6, 6.07) is 7.16. The van der Waals surface area contributed by atoms with Gasteiger partial charge in [-0.05, 0) is 17.7 Å². The van der Waals surface area contributed by atoms with Gasteiger partial charge in [-0.1, -0.05) is 23.7 Å². The van der Waals surface area contributed by atoms with Gasteiger partial charge < -0.3 is 11.1 Å². The highest BCUT2D eigenvalue weighted by Crippen LogP contribution is 2.24. The Labute approximate surface area is 87.2 Å². The Balaban J connectivity index is 2.27. The molecule has 14 heavy (non-hydrogen) atoms. The van der Waals surface area contributed by atoms with E-state index in [1.807, 2.05) is 18.2 Å². The van der Waals surface area contributed by atoms with E-state index in [0.717, 1.165) is 5.56 Å². The fraction of sp³-hybridized carbons (Fsp3) is 0.300. The molecular weight excluding hydrogens is 200 g/mol. The third kappa shape index (κ3) is 1.74. The third-order valence-electron chi connectivity index (χ3n) is 2.37. The maximum atomic E-state index is 11.1. The molecule has 74 valence electrons. The minimum atomic E-state index is -0.152. The van der Waals surface area contributed by atoms with Crippen LogP contribution in [-0.2, 0) is 4.79 Å². The molecule has 1 aromatic rings. The zero-order valence-electron chi connectivity index (χ0n) is 7.53. The van der Waals surface area contributed by atoms with Crippen LogP contribution in [-0.4, -0.2) is 11.9 Å². The Morgan fingerprint density at radius 1 is 1.50 bits per heavy atom. The number of carbonyl (C=O) groups excluding carboxylic acids is 1. The summed E-state index contributed by atoms with van der Waals surface area (Å²) in [5.74, 6) is 0.00229. The Kier molecular flexibility index (Phi) is 2.44. The molecule has 3 nitrogen and oxygen atoms in total. The number of hydrogen-bond donors (Lipinski definition) is 2. The highest BCUT2D eigenvalue weighted by atomic mass is 35.5. The lowest BCUT2D eigenvalue weighted by molar-refractivity contribution is -0.119. The highest BCUT2D eigenvalue weighted by molar-refractivity contribution is 6.30. The van der Waals surface area contributed by atoms with Crippen LogP contribution in [0.15, 0.2) is 24.3 Å². The number of carbonyl (C=O) groups is 1. The van der Waals surface area contributed by atoms with Crippen molar-refractivity contribution >= 4 is 17.5 Å². The number of nitrogens with one attached hydrogen (secondary N) is 1. The largest absolute Gasteiger partial charge is 0.348 e. The van der Waals surface area contributed by atoms with Crippen molar-refractivity contribution in [3.05, 3.63) is 34.9 Å². The van der Waals surface area contributed by atoms with Gasteiger partial charge in [0.2, 0.25) is 5.91 Å². The van der Waals surface area contributed by atoms with E-state index in [9.17, 15) is 4.79 Å². The Hall–Kier alpha value is -1.06. The highest BCUT2D eigenvalue weighted by Gasteiger charge is 2.30. The zero-order chi connectivity index (χ0) is 10.1. The monoisotopic (exact) mass is 210 g/mol. The van der Waals surface area contributed by atoms with Crippen molar-refractivity contribution in [3.63, 3.8) is 0 Å². The van der Waals surface area contributed by atoms with Gasteiger partial charge >= 0.3 is 0 Å². The van der Waals surface area contributed by atoms with E-state index in [-0.39, 0.29) is 18.0 Å². The van der Waals surface area contributed by atoms with E-state index in [2.05, 4.69) is 5.32 Å². The smallest absolute Gasteiger partial charge is 0.222 e. The second-order valence-electron chi connectivity index (χ2n) is 3.47. The molecule has 0 radical (unpaired) electrons. The molecule has 0 aromatic heterocycles. The molecular formula is C10H11ClN2O. The summed E-state index contributed by atoms with van der Waals surface area (Å²) >= 11 is 5.85. The van der Waals surface area contributed by atoms with Crippen molar-refractivity contribution < 1.29 is 4.79 Å². The van der Waals surface area contributed by atoms with Crippen LogP contribution in [0.25, 0.3) is 0 Å². The quantitative estimate of drug-likeness (QED) is 0.733. The first-order valence-corrected chi connectivity index (χ1v) is 4.85. The lowest BCUT2D eigenvalue weighted by Crippen LogP contribution is -2.28. The SMILES string of the molecule is NC1CC(=O)NC1c1cccc(Cl)c1. The maximum absolute atomic E-state index is 11.1. The predicted molar refractivity (Wildman–Crippen MR) is 54.9 cm³/mol. The minimum absolute atomic E-state index is 0.00229. The lowest BCUT2D eigenvalue weighted by Gasteiger charge is -2.15. The number of benzene rings is 1. The summed E-state index contributed by atoms with van der Waals surface area (Å²) in [7, 11) is 0. The van der Waals surface area contributed by atoms with Crippen LogP contribution < -0.4 is 11.1 Å². The lowest BCUT2D eigenvalue weighted by atomic mass is 10.0. The normalized spacial score (nSPS) is 26.3. The summed E-state index contributed by atoms with van der Waals surface area (Å²) in [6.45, 7) is 0. The molecule has 1 aromatic carbocycles. The molecule has 1 amide bonds. The van der Waals surface area contributed by atoms with Crippen LogP contribution in [0.5, 0.6) is 0 Å². The van der Waals surface area contributed by atoms with Crippen LogP contribution in [0.4, 0.5) is 0 Å². The van der Waals surface area contributed by atoms with Crippen molar-refractivity contribution in [1.29, 1.82) is 0 Å². The summed E-state index contributed by atoms with van der Waals surface area (Å²) in [6.07, 6.45) is 0.386. The van der Waals surface area contributed by atoms with Gasteiger partial charge in [-0.2, -0.15) is 0 Å². The number of nitrogens with two attached hydrogens (primary N) is 1. The van der Waals surface area contributed by atoms with Gasteiger partial charge in [0.15, 0.2) is 0 Å². The topological polar surface area (TPSA) is 55.1 Å². The Morgan fingerprint density at radius 2 is 2.29 bits per heavy atom. The molecule has 2 atom stereocenters. The summed E-state index contributed by atoms with van der Waals surface area (Å²) < 4.78 is 0. The minimum Gasteiger partial charge on any atom is -0.348 e. The van der Waals surface area contributed by atoms with Crippen LogP contribution in [0.1, 0.15) is 18.0 Å². The van der Waals surface area contributed by atoms with E-state index in [4.69, 9.17) is 17.3 Å². The van der Waals surface area contributed by atoms with Gasteiger partial charge in [0.25, 0.3) is 0 Å². The molecule has 1 aliphatic rings. The molecule has 1 aliphatic heterocycles. The molecule has 0 bridgehead atoms. The average molecular weight is 211 g/mol. The van der Waals surface area contributed by atoms with Crippen LogP contribution in [0.2, 0.25) is 5.02 Å². The fourth-order valence-corrected chi connectivity index (χ4v) is 1.90. The van der Waals surface area contributed by atoms with Crippen molar-refractivity contribution in [2.75, 3.05) is 0 Å². The first kappa shape index (κ1) is 9.49. The molecule has 1 heterocycles. The van der Waals surface area contributed by atoms with Gasteiger partial charge in [-0.3, -0.25) is 4.79 Å². The number of rotatable bonds is 1. The molecule has 1 saturated heterocycles. The molecule has 0 saturated carbocycles. The van der Waals surface area contributed by atoms with E-state index in [1.54, 1.807) is 6.07 Å². The molecule has 4 heteroatoms. The number of hydrogen-bond acceptors (Lipinski definition) is 2. The van der Waals surface area contributed by atoms with Crippen molar-refractivity contribution in [3.8, 4) is 0 Å². The van der Waals surface area contributed by atoms with E-state index < -0.39 is 0 Å². The number of amides is 1. The molecule has 0 aliphatic carbocycles. The first-order valence-electron chi connectivity index (χ1n) is 4.47. The molecule has 1 fully saturated rings. The predicted octanol–water partition coefficient (Wildman–Crippen LogP) is 1.23. The fourth-order valence-electron chi connectivity index (χ4n) is 1.70. The van der Waals surface area contributed by atoms with Gasteiger partial charge in [0.05, 0.1) is 6.04 Å². The van der Waals surface area contributed by atoms with Gasteiger partial charge in [-0.25, -0.2) is 0 Å². The molecule has 0 spiro atoms. The molecule has 3 N–H and O–H groups in total. The average Bonchev–Trinajstić information content (AvgIpc) is 2.45. The van der Waals surface area contributed by atoms with Gasteiger partial charge in [0, 0.05) is 17.5 Å². The maximum Gasteiger partial charge on any atom is 0.222 e. The van der Waals surface area contributed by atoms with Crippen molar-refractivity contribution in [2.45, 2.75) is 18.5 Å². The summed E-state index contributed by atoms with van der Waals surface area (Å²) in [5, 5.41) is 3.49. The van der Waals surface area contributed by atoms with Gasteiger partial charge in [0.1, 0.15) is 0 Å². The number of halogens is 1. The van der Waals surface area contributed by atoms with E-state index >= 15 is 0 Å². The molecule has 2 unspecified atom stereocenters. The second kappa shape index (κ2) is 3.59. The van der Waals surface area contributed by atoms with Crippen LogP contribution >= 0.6 is 11.6 Å². The zero-order valence-corrected chi connectivity index (χ0v) is 8.29. The Morgan fingerprint density at radius 3 is 2.86 bits per heavy atom. The van der Waals surface area contributed by atoms with Crippen LogP contribution in [0.3, 0.4) is 0 Å². The molecule has 2 rings (SSSR count). The third-order valence-corrected chi connectivity index (χ3v) is 2.61. The van der Waals surface area contributed by atoms with E-state index in [1.165, 1.54) is 0 Å². The van der Waals surface area contributed by atoms with Crippen molar-refractivity contribution in [1.82, 2.24) is 5.32 Å². The van der Waals surface area contributed by atoms with Crippen LogP contribution in [0, 0.1) is 0 Å². The van der Waals surface area contributed by atoms with E-state index in [0.29, 0.717) is 11.4 Å². The summed E-state index contributed by atoms with van der Waals surface area (Å²) in [4.78, 5) is 11.1. The standard InChI is InChI=1S/C10H11ClN2O/c11-7-3-1-2-6(4-7)10-8(12)5-9(14)13-10/h1-4,8,10H,5,12H2,(H,13,14).